The fourth-order valence-electron chi connectivity index (χ4n) is 1.53. The summed E-state index contributed by atoms with van der Waals surface area (Å²) in [7, 11) is -4.01. The van der Waals surface area contributed by atoms with E-state index in [0.717, 1.165) is 23.6 Å². The Morgan fingerprint density at radius 1 is 1.32 bits per heavy atom. The topological polar surface area (TPSA) is 76.1 Å². The summed E-state index contributed by atoms with van der Waals surface area (Å²) < 4.78 is 38.3. The third-order valence-corrected chi connectivity index (χ3v) is 3.81. The number of rotatable bonds is 4. The van der Waals surface area contributed by atoms with Gasteiger partial charge >= 0.3 is 0 Å². The van der Waals surface area contributed by atoms with Crippen molar-refractivity contribution >= 4 is 33.6 Å². The Kier molecular flexibility index (Phi) is 4.89. The van der Waals surface area contributed by atoms with Crippen LogP contribution in [0.3, 0.4) is 0 Å². The number of sulfonamides is 1. The van der Waals surface area contributed by atoms with Crippen molar-refractivity contribution in [3.05, 3.63) is 70.1 Å². The second-order valence-electron chi connectivity index (χ2n) is 4.19. The summed E-state index contributed by atoms with van der Waals surface area (Å²) in [6.45, 7) is 0. The molecule has 0 unspecified atom stereocenters. The molecule has 114 valence electrons. The molecule has 5 nitrogen and oxygen atoms in total. The minimum Gasteiger partial charge on any atom is -0.268 e. The second kappa shape index (κ2) is 6.67. The molecule has 2 rings (SSSR count). The molecule has 0 aliphatic rings. The maximum atomic E-state index is 12.9. The molecule has 1 N–H and O–H groups in total. The van der Waals surface area contributed by atoms with E-state index in [9.17, 15) is 17.6 Å². The van der Waals surface area contributed by atoms with Crippen molar-refractivity contribution in [3.63, 3.8) is 0 Å². The molecule has 2 aromatic rings. The number of halogens is 2. The molecule has 1 heterocycles. The Balaban J connectivity index is 2.14. The molecule has 22 heavy (non-hydrogen) atoms. The van der Waals surface area contributed by atoms with Crippen molar-refractivity contribution in [2.75, 3.05) is 0 Å². The predicted molar refractivity (Wildman–Crippen MR) is 81.1 cm³/mol. The van der Waals surface area contributed by atoms with Crippen LogP contribution < -0.4 is 4.72 Å². The molecule has 0 bridgehead atoms. The van der Waals surface area contributed by atoms with E-state index in [1.165, 1.54) is 12.3 Å². The van der Waals surface area contributed by atoms with E-state index in [-0.39, 0.29) is 10.6 Å². The molecule has 1 aromatic carbocycles. The summed E-state index contributed by atoms with van der Waals surface area (Å²) in [6, 6.07) is 6.33. The first kappa shape index (κ1) is 16.1. The van der Waals surface area contributed by atoms with Crippen molar-refractivity contribution < 1.29 is 17.6 Å². The van der Waals surface area contributed by atoms with E-state index in [2.05, 4.69) is 4.98 Å². The maximum Gasteiger partial charge on any atom is 0.266 e. The lowest BCUT2D eigenvalue weighted by atomic mass is 10.2. The van der Waals surface area contributed by atoms with E-state index in [4.69, 9.17) is 11.6 Å². The van der Waals surface area contributed by atoms with Gasteiger partial charge in [-0.05, 0) is 35.9 Å². The second-order valence-corrected chi connectivity index (χ2v) is 6.16. The largest absolute Gasteiger partial charge is 0.268 e. The van der Waals surface area contributed by atoms with Crippen LogP contribution in [0.2, 0.25) is 5.02 Å². The lowest BCUT2D eigenvalue weighted by Crippen LogP contribution is -2.29. The molecule has 0 aliphatic heterocycles. The lowest BCUT2D eigenvalue weighted by molar-refractivity contribution is 0.0982. The number of aromatic nitrogens is 1. The monoisotopic (exact) mass is 340 g/mol. The third kappa shape index (κ3) is 4.37. The smallest absolute Gasteiger partial charge is 0.266 e. The third-order valence-electron chi connectivity index (χ3n) is 2.53. The number of benzene rings is 1. The van der Waals surface area contributed by atoms with Crippen LogP contribution in [0, 0.1) is 5.82 Å². The van der Waals surface area contributed by atoms with Crippen LogP contribution in [0.5, 0.6) is 0 Å². The molecule has 1 amide bonds. The first-order valence-electron chi connectivity index (χ1n) is 5.98. The Bertz CT molecular complexity index is 823. The number of hydrogen-bond acceptors (Lipinski definition) is 4. The van der Waals surface area contributed by atoms with Crippen molar-refractivity contribution in [2.24, 2.45) is 0 Å². The molecule has 0 spiro atoms. The van der Waals surface area contributed by atoms with E-state index >= 15 is 0 Å². The maximum absolute atomic E-state index is 12.9. The number of nitrogens with one attached hydrogen (secondary N) is 1. The molecular weight excluding hydrogens is 331 g/mol. The summed E-state index contributed by atoms with van der Waals surface area (Å²) in [5.74, 6) is -1.57. The van der Waals surface area contributed by atoms with E-state index in [0.29, 0.717) is 5.56 Å². The average molecular weight is 341 g/mol. The molecular formula is C14H10ClFN2O3S. The van der Waals surface area contributed by atoms with E-state index in [1.54, 1.807) is 18.3 Å². The minimum absolute atomic E-state index is 0.138. The molecule has 0 aliphatic carbocycles. The average Bonchev–Trinajstić information content (AvgIpc) is 2.45. The predicted octanol–water partition coefficient (Wildman–Crippen LogP) is 2.60. The van der Waals surface area contributed by atoms with Crippen LogP contribution in [-0.4, -0.2) is 19.3 Å². The van der Waals surface area contributed by atoms with Gasteiger partial charge in [0.15, 0.2) is 0 Å². The van der Waals surface area contributed by atoms with Crippen LogP contribution in [0.25, 0.3) is 6.08 Å². The Hall–Kier alpha value is -2.25. The molecule has 0 radical (unpaired) electrons. The van der Waals surface area contributed by atoms with Crippen molar-refractivity contribution in [3.8, 4) is 0 Å². The zero-order valence-electron chi connectivity index (χ0n) is 11.0. The zero-order chi connectivity index (χ0) is 16.2. The van der Waals surface area contributed by atoms with Gasteiger partial charge in [-0.25, -0.2) is 17.5 Å². The van der Waals surface area contributed by atoms with Crippen molar-refractivity contribution in [1.82, 2.24) is 9.71 Å². The molecule has 0 atom stereocenters. The quantitative estimate of drug-likeness (QED) is 0.928. The van der Waals surface area contributed by atoms with Crippen LogP contribution in [0.1, 0.15) is 15.9 Å². The van der Waals surface area contributed by atoms with Gasteiger partial charge in [-0.1, -0.05) is 17.7 Å². The highest BCUT2D eigenvalue weighted by atomic mass is 35.5. The minimum atomic E-state index is -4.01. The van der Waals surface area contributed by atoms with Gasteiger partial charge in [-0.3, -0.25) is 9.78 Å². The highest BCUT2D eigenvalue weighted by Gasteiger charge is 2.16. The summed E-state index contributed by atoms with van der Waals surface area (Å²) in [6.07, 6.45) is 4.30. The zero-order valence-corrected chi connectivity index (χ0v) is 12.6. The van der Waals surface area contributed by atoms with Gasteiger partial charge in [0, 0.05) is 12.4 Å². The van der Waals surface area contributed by atoms with Crippen molar-refractivity contribution in [2.45, 2.75) is 0 Å². The van der Waals surface area contributed by atoms with Crippen LogP contribution in [0.15, 0.2) is 48.1 Å². The van der Waals surface area contributed by atoms with Crippen LogP contribution in [0.4, 0.5) is 4.39 Å². The van der Waals surface area contributed by atoms with Gasteiger partial charge < -0.3 is 0 Å². The highest BCUT2D eigenvalue weighted by Crippen LogP contribution is 2.17. The number of carbonyl (C=O) groups excluding carboxylic acids is 1. The molecule has 0 fully saturated rings. The number of carbonyl (C=O) groups is 1. The van der Waals surface area contributed by atoms with Gasteiger partial charge in [0.2, 0.25) is 0 Å². The summed E-state index contributed by atoms with van der Waals surface area (Å²) in [5.41, 5.74) is 0.418. The van der Waals surface area contributed by atoms with Crippen LogP contribution >= 0.6 is 11.6 Å². The van der Waals surface area contributed by atoms with Crippen LogP contribution in [-0.2, 0) is 10.0 Å². The number of amides is 1. The number of hydrogen-bond donors (Lipinski definition) is 1. The summed E-state index contributed by atoms with van der Waals surface area (Å²) >= 11 is 5.70. The number of pyridine rings is 1. The summed E-state index contributed by atoms with van der Waals surface area (Å²) in [5, 5.41) is 0.656. The SMILES string of the molecule is O=C(NS(=O)(=O)/C=C/c1cccnc1)c1ccc(F)cc1Cl. The fourth-order valence-corrected chi connectivity index (χ4v) is 2.56. The first-order valence-corrected chi connectivity index (χ1v) is 7.90. The van der Waals surface area contributed by atoms with Crippen molar-refractivity contribution in [1.29, 1.82) is 0 Å². The van der Waals surface area contributed by atoms with Gasteiger partial charge in [0.1, 0.15) is 5.82 Å². The Morgan fingerprint density at radius 3 is 2.73 bits per heavy atom. The first-order chi connectivity index (χ1) is 10.4. The molecule has 8 heteroatoms. The molecule has 0 saturated carbocycles. The molecule has 0 saturated heterocycles. The standard InChI is InChI=1S/C14H10ClFN2O3S/c15-13-8-11(16)3-4-12(13)14(19)18-22(20,21)7-5-10-2-1-6-17-9-10/h1-9H,(H,18,19)/b7-5+. The van der Waals surface area contributed by atoms with E-state index < -0.39 is 21.7 Å². The van der Waals surface area contributed by atoms with Gasteiger partial charge in [0.05, 0.1) is 16.0 Å². The highest BCUT2D eigenvalue weighted by molar-refractivity contribution is 7.93. The normalized spacial score (nSPS) is 11.5. The lowest BCUT2D eigenvalue weighted by Gasteiger charge is -2.05. The molecule has 1 aromatic heterocycles. The Labute approximate surface area is 131 Å². The van der Waals surface area contributed by atoms with E-state index in [1.807, 2.05) is 4.72 Å². The Morgan fingerprint density at radius 2 is 2.09 bits per heavy atom. The fraction of sp³-hybridized carbons (Fsp3) is 0. The van der Waals surface area contributed by atoms with Gasteiger partial charge in [-0.15, -0.1) is 0 Å². The number of nitrogens with zero attached hydrogens (tertiary/aromatic N) is 1. The van der Waals surface area contributed by atoms with Gasteiger partial charge in [0.25, 0.3) is 15.9 Å². The van der Waals surface area contributed by atoms with Gasteiger partial charge in [-0.2, -0.15) is 0 Å². The summed E-state index contributed by atoms with van der Waals surface area (Å²) in [4.78, 5) is 15.7.